The van der Waals surface area contributed by atoms with Gasteiger partial charge in [0.15, 0.2) is 0 Å². The van der Waals surface area contributed by atoms with Crippen molar-refractivity contribution in [2.45, 2.75) is 6.92 Å². The predicted molar refractivity (Wildman–Crippen MR) is 65.3 cm³/mol. The van der Waals surface area contributed by atoms with E-state index in [4.69, 9.17) is 0 Å². The molecule has 3 rings (SSSR count). The Hall–Kier alpha value is -2.36. The summed E-state index contributed by atoms with van der Waals surface area (Å²) in [4.78, 5) is 0. The molecule has 0 spiro atoms. The molecule has 0 aliphatic heterocycles. The molecule has 1 aromatic heterocycles. The lowest BCUT2D eigenvalue weighted by molar-refractivity contribution is 0.474. The molecule has 0 aliphatic rings. The number of phenols is 1. The van der Waals surface area contributed by atoms with E-state index in [1.165, 1.54) is 0 Å². The third-order valence-electron chi connectivity index (χ3n) is 2.77. The molecular formula is C13H11N3O. The molecule has 1 N–H and O–H groups in total. The third-order valence-corrected chi connectivity index (χ3v) is 2.77. The van der Waals surface area contributed by atoms with Crippen LogP contribution < -0.4 is 0 Å². The van der Waals surface area contributed by atoms with Gasteiger partial charge in [0.1, 0.15) is 11.3 Å². The molecule has 0 amide bonds. The highest BCUT2D eigenvalue weighted by atomic mass is 16.3. The molecule has 3 aromatic rings. The summed E-state index contributed by atoms with van der Waals surface area (Å²) in [6.07, 6.45) is 0. The van der Waals surface area contributed by atoms with E-state index in [0.717, 1.165) is 22.3 Å². The first kappa shape index (κ1) is 9.84. The molecule has 0 saturated carbocycles. The van der Waals surface area contributed by atoms with Crippen LogP contribution in [0.15, 0.2) is 42.5 Å². The summed E-state index contributed by atoms with van der Waals surface area (Å²) in [6.45, 7) is 1.98. The number of hydrogen-bond acceptors (Lipinski definition) is 3. The van der Waals surface area contributed by atoms with Gasteiger partial charge in [-0.1, -0.05) is 23.4 Å². The highest BCUT2D eigenvalue weighted by molar-refractivity contribution is 5.76. The number of aromatic nitrogens is 3. The summed E-state index contributed by atoms with van der Waals surface area (Å²) in [5, 5.41) is 17.8. The zero-order chi connectivity index (χ0) is 11.8. The van der Waals surface area contributed by atoms with Gasteiger partial charge in [-0.15, -0.1) is 5.10 Å². The van der Waals surface area contributed by atoms with Crippen LogP contribution in [0.4, 0.5) is 0 Å². The Morgan fingerprint density at radius 1 is 1.12 bits per heavy atom. The first-order chi connectivity index (χ1) is 8.25. The zero-order valence-electron chi connectivity index (χ0n) is 9.33. The zero-order valence-corrected chi connectivity index (χ0v) is 9.33. The second-order valence-electron chi connectivity index (χ2n) is 3.96. The van der Waals surface area contributed by atoms with Crippen molar-refractivity contribution in [1.29, 1.82) is 0 Å². The van der Waals surface area contributed by atoms with E-state index in [0.29, 0.717) is 0 Å². The van der Waals surface area contributed by atoms with Gasteiger partial charge in [0.05, 0.1) is 11.2 Å². The molecule has 1 heterocycles. The lowest BCUT2D eigenvalue weighted by atomic mass is 10.2. The van der Waals surface area contributed by atoms with Crippen molar-refractivity contribution in [3.8, 4) is 11.4 Å². The lowest BCUT2D eigenvalue weighted by Crippen LogP contribution is -1.98. The number of para-hydroxylation sites is 1. The minimum atomic E-state index is 0.227. The summed E-state index contributed by atoms with van der Waals surface area (Å²) < 4.78 is 1.74. The van der Waals surface area contributed by atoms with E-state index < -0.39 is 0 Å². The van der Waals surface area contributed by atoms with E-state index in [-0.39, 0.29) is 5.75 Å². The van der Waals surface area contributed by atoms with E-state index in [2.05, 4.69) is 10.3 Å². The SMILES string of the molecule is Cc1ccc(O)cc1-n1nnc2ccccc21. The van der Waals surface area contributed by atoms with Crippen LogP contribution in [0.25, 0.3) is 16.7 Å². The number of aromatic hydroxyl groups is 1. The van der Waals surface area contributed by atoms with E-state index in [9.17, 15) is 5.11 Å². The summed E-state index contributed by atoms with van der Waals surface area (Å²) in [6, 6.07) is 13.0. The van der Waals surface area contributed by atoms with E-state index in [1.54, 1.807) is 16.8 Å². The fraction of sp³-hybridized carbons (Fsp3) is 0.0769. The van der Waals surface area contributed by atoms with Gasteiger partial charge in [-0.25, -0.2) is 4.68 Å². The normalized spacial score (nSPS) is 10.9. The van der Waals surface area contributed by atoms with Crippen molar-refractivity contribution in [3.05, 3.63) is 48.0 Å². The average Bonchev–Trinajstić information content (AvgIpc) is 2.76. The fourth-order valence-corrected chi connectivity index (χ4v) is 1.87. The van der Waals surface area contributed by atoms with Crippen LogP contribution in [-0.2, 0) is 0 Å². The van der Waals surface area contributed by atoms with Gasteiger partial charge < -0.3 is 5.11 Å². The Balaban J connectivity index is 2.31. The van der Waals surface area contributed by atoms with Crippen LogP contribution in [0.2, 0.25) is 0 Å². The molecule has 84 valence electrons. The Labute approximate surface area is 98.1 Å². The highest BCUT2D eigenvalue weighted by Crippen LogP contribution is 2.22. The van der Waals surface area contributed by atoms with Gasteiger partial charge >= 0.3 is 0 Å². The van der Waals surface area contributed by atoms with Gasteiger partial charge in [0.25, 0.3) is 0 Å². The molecule has 17 heavy (non-hydrogen) atoms. The molecular weight excluding hydrogens is 214 g/mol. The Bertz CT molecular complexity index is 688. The van der Waals surface area contributed by atoms with Crippen molar-refractivity contribution in [2.24, 2.45) is 0 Å². The molecule has 0 saturated heterocycles. The van der Waals surface area contributed by atoms with Gasteiger partial charge in [-0.05, 0) is 30.7 Å². The number of hydrogen-bond donors (Lipinski definition) is 1. The number of nitrogens with zero attached hydrogens (tertiary/aromatic N) is 3. The standard InChI is InChI=1S/C13H11N3O/c1-9-6-7-10(17)8-13(9)16-12-5-3-2-4-11(12)14-15-16/h2-8,17H,1H3. The second-order valence-corrected chi connectivity index (χ2v) is 3.96. The van der Waals surface area contributed by atoms with Crippen molar-refractivity contribution in [1.82, 2.24) is 15.0 Å². The summed E-state index contributed by atoms with van der Waals surface area (Å²) in [5.74, 6) is 0.227. The van der Waals surface area contributed by atoms with Crippen LogP contribution in [0.1, 0.15) is 5.56 Å². The van der Waals surface area contributed by atoms with Gasteiger partial charge in [-0.2, -0.15) is 0 Å². The third kappa shape index (κ3) is 1.54. The monoisotopic (exact) mass is 225 g/mol. The first-order valence-corrected chi connectivity index (χ1v) is 5.36. The van der Waals surface area contributed by atoms with Crippen LogP contribution in [0.5, 0.6) is 5.75 Å². The molecule has 4 heteroatoms. The Kier molecular flexibility index (Phi) is 2.08. The van der Waals surface area contributed by atoms with Crippen LogP contribution in [-0.4, -0.2) is 20.1 Å². The quantitative estimate of drug-likeness (QED) is 0.692. The van der Waals surface area contributed by atoms with Gasteiger partial charge in [0, 0.05) is 6.07 Å². The number of benzene rings is 2. The van der Waals surface area contributed by atoms with Crippen LogP contribution in [0, 0.1) is 6.92 Å². The van der Waals surface area contributed by atoms with Crippen molar-refractivity contribution < 1.29 is 5.11 Å². The van der Waals surface area contributed by atoms with E-state index >= 15 is 0 Å². The average molecular weight is 225 g/mol. The minimum Gasteiger partial charge on any atom is -0.508 e. The minimum absolute atomic E-state index is 0.227. The molecule has 0 radical (unpaired) electrons. The second kappa shape index (κ2) is 3.59. The molecule has 0 aliphatic carbocycles. The summed E-state index contributed by atoms with van der Waals surface area (Å²) >= 11 is 0. The molecule has 0 unspecified atom stereocenters. The largest absolute Gasteiger partial charge is 0.508 e. The molecule has 0 atom stereocenters. The maximum atomic E-state index is 9.55. The summed E-state index contributed by atoms with van der Waals surface area (Å²) in [7, 11) is 0. The predicted octanol–water partition coefficient (Wildman–Crippen LogP) is 2.43. The van der Waals surface area contributed by atoms with Crippen molar-refractivity contribution in [3.63, 3.8) is 0 Å². The molecule has 0 bridgehead atoms. The smallest absolute Gasteiger partial charge is 0.117 e. The number of phenolic OH excluding ortho intramolecular Hbond substituents is 1. The Morgan fingerprint density at radius 2 is 1.94 bits per heavy atom. The molecule has 0 fully saturated rings. The maximum Gasteiger partial charge on any atom is 0.117 e. The van der Waals surface area contributed by atoms with Gasteiger partial charge in [0.2, 0.25) is 0 Å². The lowest BCUT2D eigenvalue weighted by Gasteiger charge is -2.06. The van der Waals surface area contributed by atoms with E-state index in [1.807, 2.05) is 37.3 Å². The van der Waals surface area contributed by atoms with Crippen LogP contribution in [0.3, 0.4) is 0 Å². The topological polar surface area (TPSA) is 50.9 Å². The first-order valence-electron chi connectivity index (χ1n) is 5.36. The number of aryl methyl sites for hydroxylation is 1. The highest BCUT2D eigenvalue weighted by Gasteiger charge is 2.08. The molecule has 2 aromatic carbocycles. The number of fused-ring (bicyclic) bond motifs is 1. The fourth-order valence-electron chi connectivity index (χ4n) is 1.87. The molecule has 4 nitrogen and oxygen atoms in total. The van der Waals surface area contributed by atoms with Crippen molar-refractivity contribution in [2.75, 3.05) is 0 Å². The summed E-state index contributed by atoms with van der Waals surface area (Å²) in [5.41, 5.74) is 3.66. The van der Waals surface area contributed by atoms with Crippen molar-refractivity contribution >= 4 is 11.0 Å². The van der Waals surface area contributed by atoms with Crippen LogP contribution >= 0.6 is 0 Å². The number of rotatable bonds is 1. The maximum absolute atomic E-state index is 9.55. The van der Waals surface area contributed by atoms with Gasteiger partial charge in [-0.3, -0.25) is 0 Å². The Morgan fingerprint density at radius 3 is 2.82 bits per heavy atom.